The maximum absolute atomic E-state index is 12.1. The quantitative estimate of drug-likeness (QED) is 0.529. The number of amides is 1. The number of benzene rings is 1. The summed E-state index contributed by atoms with van der Waals surface area (Å²) in [6.45, 7) is 4.73. The summed E-state index contributed by atoms with van der Waals surface area (Å²) in [4.78, 5) is 23.0. The molecule has 1 atom stereocenters. The molecule has 2 aromatic heterocycles. The summed E-state index contributed by atoms with van der Waals surface area (Å²) < 4.78 is 1.64. The largest absolute Gasteiger partial charge is 0.508 e. The second-order valence-corrected chi connectivity index (χ2v) is 7.13. The van der Waals surface area contributed by atoms with Crippen LogP contribution in [0.1, 0.15) is 27.9 Å². The van der Waals surface area contributed by atoms with E-state index in [1.807, 2.05) is 11.8 Å². The molecule has 1 aliphatic rings. The van der Waals surface area contributed by atoms with Gasteiger partial charge in [0, 0.05) is 24.8 Å². The molecule has 0 aliphatic carbocycles. The van der Waals surface area contributed by atoms with Crippen LogP contribution in [0, 0.1) is 13.8 Å². The van der Waals surface area contributed by atoms with Gasteiger partial charge in [0.15, 0.2) is 5.65 Å². The molecule has 146 valence electrons. The predicted molar refractivity (Wildman–Crippen MR) is 106 cm³/mol. The Hall–Kier alpha value is -3.33. The van der Waals surface area contributed by atoms with Gasteiger partial charge in [0.25, 0.3) is 5.91 Å². The average Bonchev–Trinajstić information content (AvgIpc) is 3.20. The van der Waals surface area contributed by atoms with Crippen molar-refractivity contribution in [3.63, 3.8) is 0 Å². The molecule has 1 aromatic carbocycles. The molecule has 0 saturated carbocycles. The van der Waals surface area contributed by atoms with Crippen LogP contribution in [-0.4, -0.2) is 49.8 Å². The van der Waals surface area contributed by atoms with E-state index >= 15 is 0 Å². The zero-order valence-electron chi connectivity index (χ0n) is 15.7. The number of aromatic nitrogens is 3. The Kier molecular flexibility index (Phi) is 4.11. The number of carbonyl (C=O) groups excluding carboxylic acids is 1. The number of aliphatic hydroxyl groups excluding tert-OH is 1. The number of nitrogens with zero attached hydrogens (tertiary/aromatic N) is 4. The molecule has 1 saturated heterocycles. The summed E-state index contributed by atoms with van der Waals surface area (Å²) in [6.07, 6.45) is 1.75. The van der Waals surface area contributed by atoms with E-state index in [0.717, 1.165) is 5.56 Å². The standard InChI is InChI=1S/C19H22N6O3/c1-9-3-4-13(27)10(2)15(9)25-16(20)14(17(21)28)12-7-22-19(23-18(12)25)24-6-5-11(26)8-24/h3-4,7,11,26-27H,5-6,8,20H2,1-2H3,(H2,21,28). The van der Waals surface area contributed by atoms with Crippen molar-refractivity contribution in [3.05, 3.63) is 35.0 Å². The lowest BCUT2D eigenvalue weighted by molar-refractivity contribution is 0.100. The van der Waals surface area contributed by atoms with Crippen molar-refractivity contribution in [1.82, 2.24) is 14.5 Å². The van der Waals surface area contributed by atoms with Gasteiger partial charge < -0.3 is 26.6 Å². The number of rotatable bonds is 3. The molecule has 1 aliphatic heterocycles. The van der Waals surface area contributed by atoms with Crippen LogP contribution in [0.3, 0.4) is 0 Å². The molecular formula is C19H22N6O3. The first kappa shape index (κ1) is 18.1. The smallest absolute Gasteiger partial charge is 0.253 e. The van der Waals surface area contributed by atoms with Gasteiger partial charge in [0.05, 0.1) is 22.7 Å². The molecular weight excluding hydrogens is 360 g/mol. The fourth-order valence-electron chi connectivity index (χ4n) is 3.80. The molecule has 0 spiro atoms. The van der Waals surface area contributed by atoms with Crippen LogP contribution in [0.25, 0.3) is 16.7 Å². The number of carbonyl (C=O) groups is 1. The van der Waals surface area contributed by atoms with Crippen LogP contribution < -0.4 is 16.4 Å². The highest BCUT2D eigenvalue weighted by Crippen LogP contribution is 2.36. The number of nitrogens with two attached hydrogens (primary N) is 2. The minimum absolute atomic E-state index is 0.111. The maximum Gasteiger partial charge on any atom is 0.253 e. The second-order valence-electron chi connectivity index (χ2n) is 7.13. The fraction of sp³-hybridized carbons (Fsp3) is 0.316. The third-order valence-corrected chi connectivity index (χ3v) is 5.25. The Morgan fingerprint density at radius 2 is 2.07 bits per heavy atom. The van der Waals surface area contributed by atoms with Crippen LogP contribution in [0.5, 0.6) is 5.75 Å². The number of nitrogen functional groups attached to an aromatic ring is 1. The average molecular weight is 382 g/mol. The van der Waals surface area contributed by atoms with Crippen molar-refractivity contribution < 1.29 is 15.0 Å². The van der Waals surface area contributed by atoms with Gasteiger partial charge in [-0.1, -0.05) is 6.07 Å². The molecule has 3 aromatic rings. The minimum Gasteiger partial charge on any atom is -0.508 e. The van der Waals surface area contributed by atoms with Crippen molar-refractivity contribution in [2.75, 3.05) is 23.7 Å². The first-order valence-electron chi connectivity index (χ1n) is 8.99. The van der Waals surface area contributed by atoms with Gasteiger partial charge in [-0.25, -0.2) is 4.98 Å². The summed E-state index contributed by atoms with van der Waals surface area (Å²) in [5.74, 6) is 0.0190. The van der Waals surface area contributed by atoms with Crippen LogP contribution in [0.4, 0.5) is 11.8 Å². The van der Waals surface area contributed by atoms with E-state index in [0.29, 0.717) is 47.7 Å². The van der Waals surface area contributed by atoms with Crippen LogP contribution in [0.2, 0.25) is 0 Å². The third kappa shape index (κ3) is 2.63. The number of β-amino-alcohol motifs (C(OH)–C–C–N with tert-alkyl or cyclic N) is 1. The zero-order chi connectivity index (χ0) is 20.2. The molecule has 9 nitrogen and oxygen atoms in total. The molecule has 0 radical (unpaired) electrons. The van der Waals surface area contributed by atoms with Gasteiger partial charge in [-0.05, 0) is 31.9 Å². The zero-order valence-corrected chi connectivity index (χ0v) is 15.7. The van der Waals surface area contributed by atoms with E-state index in [9.17, 15) is 15.0 Å². The summed E-state index contributed by atoms with van der Waals surface area (Å²) >= 11 is 0. The first-order valence-corrected chi connectivity index (χ1v) is 8.99. The minimum atomic E-state index is -0.676. The number of fused-ring (bicyclic) bond motifs is 1. The number of primary amides is 1. The van der Waals surface area contributed by atoms with Gasteiger partial charge >= 0.3 is 0 Å². The molecule has 1 fully saturated rings. The molecule has 1 amide bonds. The highest BCUT2D eigenvalue weighted by atomic mass is 16.3. The van der Waals surface area contributed by atoms with Gasteiger partial charge in [-0.3, -0.25) is 9.36 Å². The number of anilines is 2. The first-order chi connectivity index (χ1) is 13.3. The van der Waals surface area contributed by atoms with E-state index in [4.69, 9.17) is 11.5 Å². The molecule has 4 rings (SSSR count). The highest BCUT2D eigenvalue weighted by molar-refractivity contribution is 6.11. The Labute approximate surface area is 161 Å². The SMILES string of the molecule is Cc1ccc(O)c(C)c1-n1c(N)c(C(N)=O)c2cnc(N3CCC(O)C3)nc21. The fourth-order valence-corrected chi connectivity index (χ4v) is 3.80. The van der Waals surface area contributed by atoms with E-state index in [1.165, 1.54) is 6.20 Å². The lowest BCUT2D eigenvalue weighted by Gasteiger charge is -2.17. The number of hydrogen-bond acceptors (Lipinski definition) is 7. The lowest BCUT2D eigenvalue weighted by atomic mass is 10.1. The Bertz CT molecular complexity index is 1110. The van der Waals surface area contributed by atoms with Crippen molar-refractivity contribution in [2.24, 2.45) is 5.73 Å². The van der Waals surface area contributed by atoms with E-state index in [1.54, 1.807) is 23.6 Å². The highest BCUT2D eigenvalue weighted by Gasteiger charge is 2.27. The van der Waals surface area contributed by atoms with Gasteiger partial charge in [0.1, 0.15) is 11.6 Å². The van der Waals surface area contributed by atoms with E-state index in [2.05, 4.69) is 9.97 Å². The summed E-state index contributed by atoms with van der Waals surface area (Å²) in [5, 5.41) is 20.5. The third-order valence-electron chi connectivity index (χ3n) is 5.25. The summed E-state index contributed by atoms with van der Waals surface area (Å²) in [5.41, 5.74) is 14.6. The monoisotopic (exact) mass is 382 g/mol. The van der Waals surface area contributed by atoms with Crippen molar-refractivity contribution in [2.45, 2.75) is 26.4 Å². The molecule has 1 unspecified atom stereocenters. The number of phenolic OH excluding ortho intramolecular Hbond substituents is 1. The predicted octanol–water partition coefficient (Wildman–Crippen LogP) is 0.995. The topological polar surface area (TPSA) is 144 Å². The Balaban J connectivity index is 2.03. The maximum atomic E-state index is 12.1. The number of hydrogen-bond donors (Lipinski definition) is 4. The van der Waals surface area contributed by atoms with Crippen LogP contribution in [0.15, 0.2) is 18.3 Å². The molecule has 28 heavy (non-hydrogen) atoms. The summed E-state index contributed by atoms with van der Waals surface area (Å²) in [7, 11) is 0. The van der Waals surface area contributed by atoms with Crippen molar-refractivity contribution >= 4 is 28.7 Å². The van der Waals surface area contributed by atoms with Gasteiger partial charge in [0.2, 0.25) is 5.95 Å². The lowest BCUT2D eigenvalue weighted by Crippen LogP contribution is -2.23. The molecule has 0 bridgehead atoms. The second kappa shape index (κ2) is 6.38. The number of aromatic hydroxyl groups is 1. The van der Waals surface area contributed by atoms with Crippen LogP contribution in [-0.2, 0) is 0 Å². The Morgan fingerprint density at radius 3 is 2.71 bits per heavy atom. The van der Waals surface area contributed by atoms with Crippen LogP contribution >= 0.6 is 0 Å². The van der Waals surface area contributed by atoms with Gasteiger partial charge in [-0.2, -0.15) is 4.98 Å². The van der Waals surface area contributed by atoms with Gasteiger partial charge in [-0.15, -0.1) is 0 Å². The van der Waals surface area contributed by atoms with Crippen molar-refractivity contribution in [1.29, 1.82) is 0 Å². The normalized spacial score (nSPS) is 16.8. The van der Waals surface area contributed by atoms with E-state index in [-0.39, 0.29) is 17.1 Å². The number of phenols is 1. The Morgan fingerprint density at radius 1 is 1.32 bits per heavy atom. The number of aliphatic hydroxyl groups is 1. The molecule has 3 heterocycles. The summed E-state index contributed by atoms with van der Waals surface area (Å²) in [6, 6.07) is 3.38. The molecule has 9 heteroatoms. The van der Waals surface area contributed by atoms with Crippen molar-refractivity contribution in [3.8, 4) is 11.4 Å². The molecule has 6 N–H and O–H groups in total. The van der Waals surface area contributed by atoms with E-state index < -0.39 is 12.0 Å². The number of aryl methyl sites for hydroxylation is 1.